The molecule has 0 fully saturated rings. The highest BCUT2D eigenvalue weighted by molar-refractivity contribution is 5.37. The standard InChI is InChI=1S/C13H12.2C11H13NO.2C9H11NO.4C9H12.2C6H6O/c1-3-7-12(8-4-1)11-13-9-5-2-6-10-13;2*1-2-7-12-8-10-5-3-4-6-11(10)13-9-12;2*1-10-6-8-4-2-3-5-9(8)11-7-10;4*1-8(2)9-6-4-3-5-7-9;2*7-6-4-2-1-3-5-6/h1-10H,11H2;2*2-6H,1,7-9H2;2*2-5H,6-7H2,1H3;4*3-8H,1-2H3;2*1-5,7H. The second-order valence-corrected chi connectivity index (χ2v) is 28.2. The van der Waals surface area contributed by atoms with Crippen molar-refractivity contribution < 1.29 is 29.2 Å². The molecule has 2 N–H and O–H groups in total. The molecule has 16 rings (SSSR count). The first-order valence-corrected chi connectivity index (χ1v) is 38.6. The largest absolute Gasteiger partial charge is 0.508 e. The maximum absolute atomic E-state index is 8.63. The van der Waals surface area contributed by atoms with Crippen LogP contribution in [0.4, 0.5) is 0 Å². The highest BCUT2D eigenvalue weighted by Gasteiger charge is 2.17. The van der Waals surface area contributed by atoms with Gasteiger partial charge in [-0.25, -0.2) is 0 Å². The number of benzene rings is 12. The van der Waals surface area contributed by atoms with Crippen molar-refractivity contribution in [3.8, 4) is 34.5 Å². The van der Waals surface area contributed by atoms with Gasteiger partial charge >= 0.3 is 0 Å². The van der Waals surface area contributed by atoms with Gasteiger partial charge in [0.15, 0.2) is 0 Å². The number of fused-ring (bicyclic) bond motifs is 4. The molecule has 0 unspecified atom stereocenters. The number of ether oxygens (including phenoxy) is 4. The van der Waals surface area contributed by atoms with E-state index in [2.05, 4.69) is 284 Å². The van der Waals surface area contributed by atoms with E-state index in [1.54, 1.807) is 48.5 Å². The van der Waals surface area contributed by atoms with Crippen molar-refractivity contribution in [1.29, 1.82) is 0 Å². The second kappa shape index (κ2) is 52.8. The van der Waals surface area contributed by atoms with E-state index in [0.717, 1.165) is 68.7 Å². The fraction of sp³-hybridized carbons (Fsp3) is 0.248. The Morgan fingerprint density at radius 3 is 0.703 bits per heavy atom. The predicted molar refractivity (Wildman–Crippen MR) is 466 cm³/mol. The molecular formula is C101H120N4O6. The van der Waals surface area contributed by atoms with Crippen molar-refractivity contribution in [2.75, 3.05) is 54.1 Å². The van der Waals surface area contributed by atoms with Gasteiger partial charge in [0, 0.05) is 61.5 Å². The number of para-hydroxylation sites is 6. The Bertz CT molecular complexity index is 3980. The SMILES string of the molecule is C=CCN1COc2ccccc2C1.C=CCN1COc2ccccc2C1.CC(C)c1ccccc1.CC(C)c1ccccc1.CC(C)c1ccccc1.CC(C)c1ccccc1.CN1COc2ccccc2C1.CN1COc2ccccc2C1.Oc1ccccc1.Oc1ccccc1.c1ccc(Cc2ccccc2)cc1. The van der Waals surface area contributed by atoms with E-state index in [1.807, 2.05) is 121 Å². The molecule has 4 aliphatic heterocycles. The zero-order valence-electron chi connectivity index (χ0n) is 67.3. The lowest BCUT2D eigenvalue weighted by atomic mass is 10.0. The van der Waals surface area contributed by atoms with Crippen LogP contribution in [0.25, 0.3) is 0 Å². The number of rotatable bonds is 10. The molecule has 580 valence electrons. The van der Waals surface area contributed by atoms with Crippen molar-refractivity contribution in [2.45, 2.75) is 112 Å². The third kappa shape index (κ3) is 36.7. The Morgan fingerprint density at radius 1 is 0.279 bits per heavy atom. The van der Waals surface area contributed by atoms with Crippen LogP contribution < -0.4 is 18.9 Å². The first-order valence-electron chi connectivity index (χ1n) is 38.6. The average Bonchev–Trinajstić information content (AvgIpc) is 0.860. The number of hydrogen-bond acceptors (Lipinski definition) is 10. The molecule has 10 heteroatoms. The van der Waals surface area contributed by atoms with Crippen LogP contribution in [0.15, 0.2) is 365 Å². The van der Waals surface area contributed by atoms with Crippen LogP contribution in [0.3, 0.4) is 0 Å². The molecule has 0 bridgehead atoms. The molecule has 12 aromatic carbocycles. The van der Waals surface area contributed by atoms with Gasteiger partial charge in [0.05, 0.1) is 0 Å². The first-order chi connectivity index (χ1) is 54.0. The lowest BCUT2D eigenvalue weighted by molar-refractivity contribution is 0.107. The zero-order valence-corrected chi connectivity index (χ0v) is 67.3. The van der Waals surface area contributed by atoms with Gasteiger partial charge in [0.25, 0.3) is 0 Å². The van der Waals surface area contributed by atoms with Crippen molar-refractivity contribution in [3.05, 3.63) is 421 Å². The van der Waals surface area contributed by atoms with Crippen molar-refractivity contribution in [2.24, 2.45) is 0 Å². The minimum atomic E-state index is 0.322. The summed E-state index contributed by atoms with van der Waals surface area (Å²) in [5, 5.41) is 17.3. The van der Waals surface area contributed by atoms with Gasteiger partial charge in [0.2, 0.25) is 0 Å². The third-order valence-corrected chi connectivity index (χ3v) is 17.5. The van der Waals surface area contributed by atoms with Gasteiger partial charge in [-0.15, -0.1) is 13.2 Å². The molecule has 111 heavy (non-hydrogen) atoms. The molecule has 0 amide bonds. The molecule has 4 aliphatic rings. The molecule has 12 aromatic rings. The molecule has 10 nitrogen and oxygen atoms in total. The summed E-state index contributed by atoms with van der Waals surface area (Å²) in [5.41, 5.74) is 13.5. The third-order valence-electron chi connectivity index (χ3n) is 17.5. The van der Waals surface area contributed by atoms with Crippen LogP contribution >= 0.6 is 0 Å². The van der Waals surface area contributed by atoms with E-state index in [-0.39, 0.29) is 0 Å². The van der Waals surface area contributed by atoms with Crippen molar-refractivity contribution in [1.82, 2.24) is 19.6 Å². The van der Waals surface area contributed by atoms with Gasteiger partial charge in [-0.1, -0.05) is 359 Å². The number of hydrogen-bond donors (Lipinski definition) is 2. The topological polar surface area (TPSA) is 90.3 Å². The fourth-order valence-electron chi connectivity index (χ4n) is 11.3. The average molecular weight is 1490 g/mol. The van der Waals surface area contributed by atoms with E-state index in [9.17, 15) is 0 Å². The van der Waals surface area contributed by atoms with Gasteiger partial charge in [-0.3, -0.25) is 19.6 Å². The first kappa shape index (κ1) is 88.7. The quantitative estimate of drug-likeness (QED) is 0.129. The molecule has 0 aliphatic carbocycles. The zero-order chi connectivity index (χ0) is 79.5. The molecule has 0 radical (unpaired) electrons. The van der Waals surface area contributed by atoms with Gasteiger partial charge in [0.1, 0.15) is 61.4 Å². The van der Waals surface area contributed by atoms with Crippen LogP contribution in [0.2, 0.25) is 0 Å². The second-order valence-electron chi connectivity index (χ2n) is 28.2. The van der Waals surface area contributed by atoms with E-state index >= 15 is 0 Å². The molecule has 0 spiro atoms. The number of nitrogens with zero attached hydrogens (tertiary/aromatic N) is 4. The molecule has 4 heterocycles. The van der Waals surface area contributed by atoms with Crippen LogP contribution in [0.5, 0.6) is 34.5 Å². The van der Waals surface area contributed by atoms with Crippen LogP contribution in [0, 0.1) is 0 Å². The summed E-state index contributed by atoms with van der Waals surface area (Å²) in [6, 6.07) is 113. The summed E-state index contributed by atoms with van der Waals surface area (Å²) in [4.78, 5) is 8.69. The number of phenols is 2. The summed E-state index contributed by atoms with van der Waals surface area (Å²) >= 11 is 0. The highest BCUT2D eigenvalue weighted by atomic mass is 16.5. The van der Waals surface area contributed by atoms with E-state index in [0.29, 0.717) is 62.1 Å². The Morgan fingerprint density at radius 2 is 0.486 bits per heavy atom. The van der Waals surface area contributed by atoms with Gasteiger partial charge < -0.3 is 29.2 Å². The number of aromatic hydroxyl groups is 2. The molecule has 0 saturated carbocycles. The number of phenolic OH excluding ortho intramolecular Hbond substituents is 2. The predicted octanol–water partition coefficient (Wildman–Crippen LogP) is 24.3. The molecule has 0 aromatic heterocycles. The van der Waals surface area contributed by atoms with Crippen LogP contribution in [0.1, 0.15) is 135 Å². The van der Waals surface area contributed by atoms with Crippen molar-refractivity contribution in [3.63, 3.8) is 0 Å². The Kier molecular flexibility index (Phi) is 42.1. The lowest BCUT2D eigenvalue weighted by Crippen LogP contribution is -2.31. The summed E-state index contributed by atoms with van der Waals surface area (Å²) in [5.74, 6) is 7.38. The van der Waals surface area contributed by atoms with Crippen molar-refractivity contribution >= 4 is 0 Å². The monoisotopic (exact) mass is 1480 g/mol. The molecule has 0 saturated heterocycles. The summed E-state index contributed by atoms with van der Waals surface area (Å²) in [6.45, 7) is 33.5. The Labute approximate surface area is 665 Å². The molecular weight excluding hydrogens is 1370 g/mol. The van der Waals surface area contributed by atoms with E-state index < -0.39 is 0 Å². The Balaban J connectivity index is 0.000000192. The smallest absolute Gasteiger partial charge is 0.142 e. The fourth-order valence-corrected chi connectivity index (χ4v) is 11.3. The van der Waals surface area contributed by atoms with E-state index in [1.165, 1.54) is 55.6 Å². The van der Waals surface area contributed by atoms with Gasteiger partial charge in [-0.2, -0.15) is 0 Å². The van der Waals surface area contributed by atoms with E-state index in [4.69, 9.17) is 29.2 Å². The minimum Gasteiger partial charge on any atom is -0.508 e. The summed E-state index contributed by atoms with van der Waals surface area (Å²) < 4.78 is 22.1. The minimum absolute atomic E-state index is 0.322. The normalized spacial score (nSPS) is 12.7. The lowest BCUT2D eigenvalue weighted by Gasteiger charge is -2.27. The molecule has 0 atom stereocenters. The van der Waals surface area contributed by atoms with Crippen LogP contribution in [-0.4, -0.2) is 83.9 Å². The summed E-state index contributed by atoms with van der Waals surface area (Å²) in [7, 11) is 4.10. The highest BCUT2D eigenvalue weighted by Crippen LogP contribution is 2.27. The maximum atomic E-state index is 8.63. The Hall–Kier alpha value is -11.2. The van der Waals surface area contributed by atoms with Crippen LogP contribution in [-0.2, 0) is 32.6 Å². The van der Waals surface area contributed by atoms with Gasteiger partial charge in [-0.05, 0) is 126 Å². The maximum Gasteiger partial charge on any atom is 0.142 e. The summed E-state index contributed by atoms with van der Waals surface area (Å²) in [6.07, 6.45) is 4.83.